The molecule has 0 aliphatic heterocycles. The summed E-state index contributed by atoms with van der Waals surface area (Å²) in [6, 6.07) is 7.00. The summed E-state index contributed by atoms with van der Waals surface area (Å²) in [6.45, 7) is 12.7. The smallest absolute Gasteiger partial charge is 0.307 e. The van der Waals surface area contributed by atoms with E-state index >= 15 is 0 Å². The van der Waals surface area contributed by atoms with Crippen molar-refractivity contribution in [2.24, 2.45) is 5.92 Å². The van der Waals surface area contributed by atoms with Crippen LogP contribution in [0.2, 0.25) is 0 Å². The third-order valence-electron chi connectivity index (χ3n) is 3.80. The maximum atomic E-state index is 13.0. The van der Waals surface area contributed by atoms with Crippen molar-refractivity contribution >= 4 is 16.0 Å². The van der Waals surface area contributed by atoms with Crippen LogP contribution in [0.1, 0.15) is 53.5 Å². The molecule has 0 N–H and O–H groups in total. The number of hydrogen-bond acceptors (Lipinski definition) is 4. The van der Waals surface area contributed by atoms with Crippen LogP contribution in [0.5, 0.6) is 0 Å². The van der Waals surface area contributed by atoms with Gasteiger partial charge in [0.25, 0.3) is 0 Å². The minimum Gasteiger partial charge on any atom is -0.466 e. The van der Waals surface area contributed by atoms with E-state index in [-0.39, 0.29) is 35.2 Å². The zero-order valence-electron chi connectivity index (χ0n) is 16.2. The number of carbonyl (C=O) groups is 1. The highest BCUT2D eigenvalue weighted by molar-refractivity contribution is 7.89. The minimum atomic E-state index is -3.64. The Bertz CT molecular complexity index is 658. The molecule has 25 heavy (non-hydrogen) atoms. The van der Waals surface area contributed by atoms with E-state index in [1.165, 1.54) is 4.31 Å². The van der Waals surface area contributed by atoms with Crippen molar-refractivity contribution in [3.63, 3.8) is 0 Å². The molecule has 0 aromatic heterocycles. The number of rotatable bonds is 8. The van der Waals surface area contributed by atoms with E-state index in [1.54, 1.807) is 19.1 Å². The van der Waals surface area contributed by atoms with Crippen LogP contribution in [0.25, 0.3) is 0 Å². The zero-order valence-corrected chi connectivity index (χ0v) is 17.0. The van der Waals surface area contributed by atoms with Crippen molar-refractivity contribution in [3.8, 4) is 0 Å². The third kappa shape index (κ3) is 6.44. The number of nitrogens with zero attached hydrogens (tertiary/aromatic N) is 1. The molecule has 0 radical (unpaired) electrons. The molecule has 0 aliphatic carbocycles. The van der Waals surface area contributed by atoms with Gasteiger partial charge >= 0.3 is 5.97 Å². The Morgan fingerprint density at radius 2 is 1.72 bits per heavy atom. The fourth-order valence-electron chi connectivity index (χ4n) is 2.44. The Morgan fingerprint density at radius 3 is 2.16 bits per heavy atom. The summed E-state index contributed by atoms with van der Waals surface area (Å²) < 4.78 is 32.2. The molecule has 0 fully saturated rings. The van der Waals surface area contributed by atoms with E-state index in [1.807, 2.05) is 26.0 Å². The van der Waals surface area contributed by atoms with Gasteiger partial charge in [0.1, 0.15) is 0 Å². The predicted molar refractivity (Wildman–Crippen MR) is 100.0 cm³/mol. The van der Waals surface area contributed by atoms with E-state index < -0.39 is 10.0 Å². The van der Waals surface area contributed by atoms with Crippen molar-refractivity contribution in [3.05, 3.63) is 29.8 Å². The molecule has 0 unspecified atom stereocenters. The zero-order chi connectivity index (χ0) is 19.3. The Balaban J connectivity index is 3.03. The fourth-order valence-corrected chi connectivity index (χ4v) is 4.05. The number of esters is 1. The number of carbonyl (C=O) groups excluding carboxylic acids is 1. The molecule has 1 rings (SSSR count). The second-order valence-corrected chi connectivity index (χ2v) is 9.52. The third-order valence-corrected chi connectivity index (χ3v) is 5.68. The van der Waals surface area contributed by atoms with Gasteiger partial charge < -0.3 is 4.74 Å². The molecule has 0 spiro atoms. The standard InChI is InChI=1S/C19H31NO4S/c1-7-24-18(21)12-13-20(14-15(2)3)25(22,23)17-10-8-16(9-11-17)19(4,5)6/h8-11,15H,7,12-14H2,1-6H3. The van der Waals surface area contributed by atoms with Crippen LogP contribution >= 0.6 is 0 Å². The van der Waals surface area contributed by atoms with E-state index in [0.29, 0.717) is 13.2 Å². The maximum Gasteiger partial charge on any atom is 0.307 e. The van der Waals surface area contributed by atoms with Gasteiger partial charge in [0, 0.05) is 13.1 Å². The van der Waals surface area contributed by atoms with E-state index in [9.17, 15) is 13.2 Å². The lowest BCUT2D eigenvalue weighted by Gasteiger charge is -2.24. The maximum absolute atomic E-state index is 13.0. The summed E-state index contributed by atoms with van der Waals surface area (Å²) in [5, 5.41) is 0. The molecule has 0 atom stereocenters. The van der Waals surface area contributed by atoms with Crippen molar-refractivity contribution in [2.75, 3.05) is 19.7 Å². The molecule has 1 aromatic carbocycles. The van der Waals surface area contributed by atoms with Crippen LogP contribution in [0.4, 0.5) is 0 Å². The van der Waals surface area contributed by atoms with Gasteiger partial charge in [-0.1, -0.05) is 46.8 Å². The quantitative estimate of drug-likeness (QED) is 0.657. The summed E-state index contributed by atoms with van der Waals surface area (Å²) in [7, 11) is -3.64. The Kier molecular flexibility index (Phi) is 7.62. The number of sulfonamides is 1. The summed E-state index contributed by atoms with van der Waals surface area (Å²) in [5.41, 5.74) is 1.04. The second-order valence-electron chi connectivity index (χ2n) is 7.59. The van der Waals surface area contributed by atoms with Crippen LogP contribution in [-0.4, -0.2) is 38.4 Å². The molecule has 0 amide bonds. The summed E-state index contributed by atoms with van der Waals surface area (Å²) in [5.74, 6) is -0.222. The minimum absolute atomic E-state index is 0.0379. The van der Waals surface area contributed by atoms with Crippen LogP contribution in [-0.2, 0) is 25.0 Å². The molecule has 5 nitrogen and oxygen atoms in total. The molecule has 0 bridgehead atoms. The van der Waals surface area contributed by atoms with Gasteiger partial charge in [-0.3, -0.25) is 4.79 Å². The first-order chi connectivity index (χ1) is 11.5. The van der Waals surface area contributed by atoms with Gasteiger partial charge in [-0.05, 0) is 36.0 Å². The predicted octanol–water partition coefficient (Wildman–Crippen LogP) is 3.58. The van der Waals surface area contributed by atoms with Gasteiger partial charge in [-0.25, -0.2) is 8.42 Å². The molecule has 0 saturated carbocycles. The molecule has 6 heteroatoms. The van der Waals surface area contributed by atoms with Crippen molar-refractivity contribution < 1.29 is 17.9 Å². The first kappa shape index (κ1) is 21.6. The molecular formula is C19H31NO4S. The van der Waals surface area contributed by atoms with Gasteiger partial charge in [-0.2, -0.15) is 4.31 Å². The summed E-state index contributed by atoms with van der Waals surface area (Å²) >= 11 is 0. The summed E-state index contributed by atoms with van der Waals surface area (Å²) in [6.07, 6.45) is 0.0554. The monoisotopic (exact) mass is 369 g/mol. The van der Waals surface area contributed by atoms with Crippen LogP contribution in [0, 0.1) is 5.92 Å². The van der Waals surface area contributed by atoms with Gasteiger partial charge in [0.05, 0.1) is 17.9 Å². The highest BCUT2D eigenvalue weighted by Crippen LogP contribution is 2.25. The average Bonchev–Trinajstić information content (AvgIpc) is 2.50. The van der Waals surface area contributed by atoms with E-state index in [2.05, 4.69) is 20.8 Å². The van der Waals surface area contributed by atoms with E-state index in [4.69, 9.17) is 4.74 Å². The SMILES string of the molecule is CCOC(=O)CCN(CC(C)C)S(=O)(=O)c1ccc(C(C)(C)C)cc1. The molecule has 142 valence electrons. The molecule has 0 saturated heterocycles. The normalized spacial score (nSPS) is 12.6. The Morgan fingerprint density at radius 1 is 1.16 bits per heavy atom. The van der Waals surface area contributed by atoms with E-state index in [0.717, 1.165) is 5.56 Å². The molecule has 1 aromatic rings. The van der Waals surface area contributed by atoms with Crippen LogP contribution in [0.15, 0.2) is 29.2 Å². The lowest BCUT2D eigenvalue weighted by molar-refractivity contribution is -0.143. The number of ether oxygens (including phenoxy) is 1. The van der Waals surface area contributed by atoms with Crippen molar-refractivity contribution in [1.82, 2.24) is 4.31 Å². The first-order valence-electron chi connectivity index (χ1n) is 8.74. The first-order valence-corrected chi connectivity index (χ1v) is 10.2. The lowest BCUT2D eigenvalue weighted by atomic mass is 9.87. The lowest BCUT2D eigenvalue weighted by Crippen LogP contribution is -2.36. The molecule has 0 aliphatic rings. The topological polar surface area (TPSA) is 63.7 Å². The van der Waals surface area contributed by atoms with Crippen LogP contribution in [0.3, 0.4) is 0 Å². The largest absolute Gasteiger partial charge is 0.466 e. The van der Waals surface area contributed by atoms with Crippen molar-refractivity contribution in [1.29, 1.82) is 0 Å². The summed E-state index contributed by atoms with van der Waals surface area (Å²) in [4.78, 5) is 11.9. The highest BCUT2D eigenvalue weighted by Gasteiger charge is 2.26. The average molecular weight is 370 g/mol. The molecule has 0 heterocycles. The van der Waals surface area contributed by atoms with Gasteiger partial charge in [0.2, 0.25) is 10.0 Å². The Hall–Kier alpha value is -1.40. The highest BCUT2D eigenvalue weighted by atomic mass is 32.2. The number of hydrogen-bond donors (Lipinski definition) is 0. The molecular weight excluding hydrogens is 338 g/mol. The second kappa shape index (κ2) is 8.81. The van der Waals surface area contributed by atoms with Gasteiger partial charge in [0.15, 0.2) is 0 Å². The fraction of sp³-hybridized carbons (Fsp3) is 0.632. The van der Waals surface area contributed by atoms with Gasteiger partial charge in [-0.15, -0.1) is 0 Å². The van der Waals surface area contributed by atoms with Crippen LogP contribution < -0.4 is 0 Å². The number of benzene rings is 1. The Labute approximate surface area is 152 Å². The van der Waals surface area contributed by atoms with Crippen molar-refractivity contribution in [2.45, 2.75) is 58.3 Å².